The van der Waals surface area contributed by atoms with Crippen LogP contribution in [0.2, 0.25) is 0 Å². The number of rotatable bonds is 2. The fourth-order valence-corrected chi connectivity index (χ4v) is 2.92. The Labute approximate surface area is 131 Å². The lowest BCUT2D eigenvalue weighted by Crippen LogP contribution is -2.23. The van der Waals surface area contributed by atoms with Crippen LogP contribution in [0, 0.1) is 14.9 Å². The SMILES string of the molecule is CC(=O)C1=C(C)OC(N)=C(C#N)C1c1cccc(I)c1. The number of carbonyl (C=O) groups excluding carboxylic acids is 1. The van der Waals surface area contributed by atoms with Crippen LogP contribution in [0.3, 0.4) is 0 Å². The van der Waals surface area contributed by atoms with Gasteiger partial charge in [-0.25, -0.2) is 0 Å². The number of halogens is 1. The molecule has 102 valence electrons. The minimum atomic E-state index is -0.457. The van der Waals surface area contributed by atoms with E-state index < -0.39 is 5.92 Å². The van der Waals surface area contributed by atoms with Gasteiger partial charge in [-0.15, -0.1) is 0 Å². The Hall–Kier alpha value is -1.81. The number of benzene rings is 1. The maximum atomic E-state index is 11.9. The van der Waals surface area contributed by atoms with Crippen molar-refractivity contribution in [2.45, 2.75) is 19.8 Å². The maximum Gasteiger partial charge on any atom is 0.205 e. The van der Waals surface area contributed by atoms with Crippen molar-refractivity contribution in [3.63, 3.8) is 0 Å². The summed E-state index contributed by atoms with van der Waals surface area (Å²) in [5.74, 6) is -0.0516. The Morgan fingerprint density at radius 2 is 2.20 bits per heavy atom. The largest absolute Gasteiger partial charge is 0.445 e. The highest BCUT2D eigenvalue weighted by Gasteiger charge is 2.33. The fourth-order valence-electron chi connectivity index (χ4n) is 2.36. The van der Waals surface area contributed by atoms with Gasteiger partial charge in [-0.2, -0.15) is 5.26 Å². The molecular weight excluding hydrogens is 367 g/mol. The van der Waals surface area contributed by atoms with Crippen molar-refractivity contribution in [3.05, 3.63) is 56.2 Å². The minimum absolute atomic E-state index is 0.0684. The van der Waals surface area contributed by atoms with Crippen LogP contribution in [0.15, 0.2) is 47.1 Å². The quantitative estimate of drug-likeness (QED) is 0.801. The predicted octanol–water partition coefficient (Wildman–Crippen LogP) is 2.96. The second-order valence-electron chi connectivity index (χ2n) is 4.51. The molecule has 20 heavy (non-hydrogen) atoms. The van der Waals surface area contributed by atoms with Crippen LogP contribution in [0.1, 0.15) is 25.3 Å². The van der Waals surface area contributed by atoms with Crippen LogP contribution < -0.4 is 5.73 Å². The Morgan fingerprint density at radius 1 is 1.50 bits per heavy atom. The molecule has 0 radical (unpaired) electrons. The lowest BCUT2D eigenvalue weighted by molar-refractivity contribution is -0.114. The summed E-state index contributed by atoms with van der Waals surface area (Å²) in [5, 5.41) is 9.34. The second-order valence-corrected chi connectivity index (χ2v) is 5.75. The molecule has 0 aromatic heterocycles. The van der Waals surface area contributed by atoms with Crippen LogP contribution in [0.4, 0.5) is 0 Å². The van der Waals surface area contributed by atoms with Gasteiger partial charge in [-0.1, -0.05) is 12.1 Å². The normalized spacial score (nSPS) is 18.6. The van der Waals surface area contributed by atoms with Crippen molar-refractivity contribution in [2.24, 2.45) is 5.73 Å². The predicted molar refractivity (Wildman–Crippen MR) is 83.2 cm³/mol. The highest BCUT2D eigenvalue weighted by Crippen LogP contribution is 2.39. The molecule has 0 amide bonds. The first-order chi connectivity index (χ1) is 9.45. The van der Waals surface area contributed by atoms with Crippen LogP contribution in [0.25, 0.3) is 0 Å². The summed E-state index contributed by atoms with van der Waals surface area (Å²) in [6, 6.07) is 9.74. The number of nitrogens with zero attached hydrogens (tertiary/aromatic N) is 1. The number of nitriles is 1. The first-order valence-corrected chi connectivity index (χ1v) is 7.08. The Kier molecular flexibility index (Phi) is 4.14. The Bertz CT molecular complexity index is 683. The summed E-state index contributed by atoms with van der Waals surface area (Å²) >= 11 is 2.19. The summed E-state index contributed by atoms with van der Waals surface area (Å²) in [5.41, 5.74) is 7.43. The molecule has 1 atom stereocenters. The molecule has 0 saturated heterocycles. The molecule has 1 aromatic carbocycles. The minimum Gasteiger partial charge on any atom is -0.445 e. The number of Topliss-reactive ketones (excluding diaryl/α,β-unsaturated/α-hetero) is 1. The third kappa shape index (κ3) is 2.56. The Morgan fingerprint density at radius 3 is 2.75 bits per heavy atom. The van der Waals surface area contributed by atoms with Crippen LogP contribution in [0.5, 0.6) is 0 Å². The van der Waals surface area contributed by atoms with Gasteiger partial charge in [0.05, 0.1) is 5.92 Å². The molecule has 0 fully saturated rings. The van der Waals surface area contributed by atoms with Gasteiger partial charge in [-0.3, -0.25) is 4.79 Å². The summed E-state index contributed by atoms with van der Waals surface area (Å²) in [6.07, 6.45) is 0. The van der Waals surface area contributed by atoms with Gasteiger partial charge >= 0.3 is 0 Å². The molecule has 2 rings (SSSR count). The zero-order valence-corrected chi connectivity index (χ0v) is 13.3. The number of ketones is 1. The molecule has 1 aliphatic heterocycles. The number of hydrogen-bond donors (Lipinski definition) is 1. The fraction of sp³-hybridized carbons (Fsp3) is 0.200. The third-order valence-electron chi connectivity index (χ3n) is 3.17. The smallest absolute Gasteiger partial charge is 0.205 e. The van der Waals surface area contributed by atoms with E-state index >= 15 is 0 Å². The molecule has 0 saturated carbocycles. The number of ether oxygens (including phenoxy) is 1. The molecule has 0 bridgehead atoms. The van der Waals surface area contributed by atoms with Crippen molar-refractivity contribution in [1.82, 2.24) is 0 Å². The molecule has 1 heterocycles. The lowest BCUT2D eigenvalue weighted by atomic mass is 9.81. The van der Waals surface area contributed by atoms with E-state index in [2.05, 4.69) is 28.7 Å². The first kappa shape index (κ1) is 14.6. The van der Waals surface area contributed by atoms with Crippen molar-refractivity contribution in [1.29, 1.82) is 5.26 Å². The van der Waals surface area contributed by atoms with Gasteiger partial charge in [0.1, 0.15) is 17.4 Å². The third-order valence-corrected chi connectivity index (χ3v) is 3.84. The zero-order valence-electron chi connectivity index (χ0n) is 11.1. The van der Waals surface area contributed by atoms with Crippen molar-refractivity contribution < 1.29 is 9.53 Å². The highest BCUT2D eigenvalue weighted by atomic mass is 127. The molecule has 4 nitrogen and oxygen atoms in total. The number of nitrogens with two attached hydrogens (primary N) is 1. The molecule has 1 aliphatic rings. The highest BCUT2D eigenvalue weighted by molar-refractivity contribution is 14.1. The summed E-state index contributed by atoms with van der Waals surface area (Å²) in [4.78, 5) is 11.9. The van der Waals surface area contributed by atoms with Crippen LogP contribution >= 0.6 is 22.6 Å². The molecule has 1 unspecified atom stereocenters. The Balaban J connectivity index is 2.67. The van der Waals surface area contributed by atoms with Crippen molar-refractivity contribution in [2.75, 3.05) is 0 Å². The van der Waals surface area contributed by atoms with Crippen LogP contribution in [-0.2, 0) is 9.53 Å². The molecule has 1 aromatic rings. The van der Waals surface area contributed by atoms with E-state index in [1.54, 1.807) is 6.92 Å². The summed E-state index contributed by atoms with van der Waals surface area (Å²) in [7, 11) is 0. The van der Waals surface area contributed by atoms with E-state index in [1.807, 2.05) is 24.3 Å². The van der Waals surface area contributed by atoms with E-state index in [0.717, 1.165) is 9.13 Å². The number of hydrogen-bond acceptors (Lipinski definition) is 4. The van der Waals surface area contributed by atoms with Crippen LogP contribution in [-0.4, -0.2) is 5.78 Å². The van der Waals surface area contributed by atoms with Gasteiger partial charge in [0, 0.05) is 9.14 Å². The van der Waals surface area contributed by atoms with E-state index in [9.17, 15) is 10.1 Å². The zero-order chi connectivity index (χ0) is 14.9. The molecule has 0 spiro atoms. The van der Waals surface area contributed by atoms with Gasteiger partial charge in [0.25, 0.3) is 0 Å². The molecular formula is C15H13IN2O2. The standard InChI is InChI=1S/C15H13IN2O2/c1-8(19)13-9(2)20-15(18)12(7-17)14(13)10-4-3-5-11(16)6-10/h3-6,14H,18H2,1-2H3. The maximum absolute atomic E-state index is 11.9. The van der Waals surface area contributed by atoms with Crippen molar-refractivity contribution >= 4 is 28.4 Å². The van der Waals surface area contributed by atoms with Gasteiger partial charge in [-0.05, 0) is 54.1 Å². The summed E-state index contributed by atoms with van der Waals surface area (Å²) < 4.78 is 6.37. The van der Waals surface area contributed by atoms with E-state index in [1.165, 1.54) is 6.92 Å². The van der Waals surface area contributed by atoms with E-state index in [0.29, 0.717) is 11.3 Å². The van der Waals surface area contributed by atoms with Crippen molar-refractivity contribution in [3.8, 4) is 6.07 Å². The van der Waals surface area contributed by atoms with Gasteiger partial charge in [0.15, 0.2) is 5.78 Å². The lowest BCUT2D eigenvalue weighted by Gasteiger charge is -2.26. The molecule has 5 heteroatoms. The average molecular weight is 380 g/mol. The van der Waals surface area contributed by atoms with Gasteiger partial charge in [0.2, 0.25) is 5.88 Å². The number of allylic oxidation sites excluding steroid dienone is 3. The first-order valence-electron chi connectivity index (χ1n) is 6.00. The topological polar surface area (TPSA) is 76.1 Å². The number of carbonyl (C=O) groups is 1. The second kappa shape index (κ2) is 5.67. The van der Waals surface area contributed by atoms with E-state index in [-0.39, 0.29) is 17.2 Å². The summed E-state index contributed by atoms with van der Waals surface area (Å²) in [6.45, 7) is 3.16. The average Bonchev–Trinajstić information content (AvgIpc) is 2.37. The monoisotopic (exact) mass is 380 g/mol. The van der Waals surface area contributed by atoms with E-state index in [4.69, 9.17) is 10.5 Å². The van der Waals surface area contributed by atoms with Gasteiger partial charge < -0.3 is 10.5 Å². The molecule has 2 N–H and O–H groups in total. The molecule has 0 aliphatic carbocycles.